The largest absolute Gasteiger partial charge is 0.350 e. The lowest BCUT2D eigenvalue weighted by Crippen LogP contribution is -2.33. The lowest BCUT2D eigenvalue weighted by atomic mass is 10.0. The van der Waals surface area contributed by atoms with Crippen molar-refractivity contribution < 1.29 is 24.7 Å². The zero-order valence-corrected chi connectivity index (χ0v) is 5.66. The van der Waals surface area contributed by atoms with Crippen LogP contribution in [0.15, 0.2) is 0 Å². The molecule has 1 N–H and O–H groups in total. The van der Waals surface area contributed by atoms with Crippen molar-refractivity contribution in [3.05, 3.63) is 0 Å². The van der Waals surface area contributed by atoms with Crippen molar-refractivity contribution in [1.82, 2.24) is 0 Å². The first-order chi connectivity index (χ1) is 4.60. The van der Waals surface area contributed by atoms with Crippen molar-refractivity contribution >= 4 is 5.97 Å². The Labute approximate surface area is 57.3 Å². The molecule has 0 radical (unpaired) electrons. The smallest absolute Gasteiger partial charge is 0.295 e. The van der Waals surface area contributed by atoms with Crippen LogP contribution in [0.25, 0.3) is 0 Å². The van der Waals surface area contributed by atoms with E-state index in [1.165, 1.54) is 13.8 Å². The number of rotatable bonds is 1. The molecular formula is C5H8O5. The highest BCUT2D eigenvalue weighted by Crippen LogP contribution is 2.29. The van der Waals surface area contributed by atoms with E-state index in [1.807, 2.05) is 0 Å². The van der Waals surface area contributed by atoms with Crippen LogP contribution >= 0.6 is 0 Å². The van der Waals surface area contributed by atoms with Gasteiger partial charge in [-0.1, -0.05) is 0 Å². The van der Waals surface area contributed by atoms with Gasteiger partial charge in [0.15, 0.2) is 0 Å². The Balaban J connectivity index is 2.73. The molecule has 0 saturated carbocycles. The molecule has 0 spiro atoms. The van der Waals surface area contributed by atoms with Gasteiger partial charge in [-0.25, -0.2) is 10.1 Å². The third kappa shape index (κ3) is 0.880. The maximum atomic E-state index is 10.6. The van der Waals surface area contributed by atoms with E-state index in [0.717, 1.165) is 0 Å². The maximum absolute atomic E-state index is 10.6. The van der Waals surface area contributed by atoms with E-state index in [2.05, 4.69) is 14.7 Å². The van der Waals surface area contributed by atoms with Gasteiger partial charge in [0, 0.05) is 0 Å². The summed E-state index contributed by atoms with van der Waals surface area (Å²) in [4.78, 5) is 23.1. The van der Waals surface area contributed by atoms with Crippen LogP contribution in [-0.2, 0) is 19.5 Å². The van der Waals surface area contributed by atoms with Crippen molar-refractivity contribution in [2.24, 2.45) is 5.92 Å². The standard InChI is InChI=1S/C5H8O5/c1-3-4(6)8-10-5(3,2)9-7/h3,7H,1-2H3. The lowest BCUT2D eigenvalue weighted by Gasteiger charge is -2.16. The molecule has 0 amide bonds. The summed E-state index contributed by atoms with van der Waals surface area (Å²) in [7, 11) is 0. The van der Waals surface area contributed by atoms with Crippen molar-refractivity contribution in [2.45, 2.75) is 19.6 Å². The van der Waals surface area contributed by atoms with Crippen LogP contribution in [0.2, 0.25) is 0 Å². The van der Waals surface area contributed by atoms with E-state index in [4.69, 9.17) is 5.26 Å². The fourth-order valence-electron chi connectivity index (χ4n) is 0.576. The zero-order chi connectivity index (χ0) is 7.78. The molecule has 5 nitrogen and oxygen atoms in total. The molecule has 10 heavy (non-hydrogen) atoms. The summed E-state index contributed by atoms with van der Waals surface area (Å²) in [5.41, 5.74) is 0. The average molecular weight is 148 g/mol. The Kier molecular flexibility index (Phi) is 1.63. The molecule has 0 aromatic heterocycles. The van der Waals surface area contributed by atoms with Crippen LogP contribution in [0.1, 0.15) is 13.8 Å². The molecule has 1 heterocycles. The van der Waals surface area contributed by atoms with Crippen LogP contribution in [0.5, 0.6) is 0 Å². The van der Waals surface area contributed by atoms with Gasteiger partial charge in [-0.15, -0.1) is 4.89 Å². The van der Waals surface area contributed by atoms with Gasteiger partial charge in [0.25, 0.3) is 5.79 Å². The molecule has 2 atom stereocenters. The molecule has 5 heteroatoms. The van der Waals surface area contributed by atoms with Gasteiger partial charge in [-0.3, -0.25) is 4.89 Å². The molecule has 0 bridgehead atoms. The summed E-state index contributed by atoms with van der Waals surface area (Å²) in [6.07, 6.45) is 0. The number of hydrogen-bond acceptors (Lipinski definition) is 5. The number of hydrogen-bond donors (Lipinski definition) is 1. The monoisotopic (exact) mass is 148 g/mol. The second kappa shape index (κ2) is 2.19. The van der Waals surface area contributed by atoms with E-state index in [0.29, 0.717) is 0 Å². The second-order valence-corrected chi connectivity index (χ2v) is 2.31. The van der Waals surface area contributed by atoms with Crippen molar-refractivity contribution in [3.8, 4) is 0 Å². The fourth-order valence-corrected chi connectivity index (χ4v) is 0.576. The Hall–Kier alpha value is -0.650. The molecule has 58 valence electrons. The van der Waals surface area contributed by atoms with E-state index in [9.17, 15) is 4.79 Å². The predicted octanol–water partition coefficient (Wildman–Crippen LogP) is 0.317. The molecule has 1 rings (SSSR count). The molecule has 2 unspecified atom stereocenters. The van der Waals surface area contributed by atoms with Crippen molar-refractivity contribution in [3.63, 3.8) is 0 Å². The van der Waals surface area contributed by atoms with Crippen LogP contribution in [-0.4, -0.2) is 17.0 Å². The highest BCUT2D eigenvalue weighted by Gasteiger charge is 2.48. The van der Waals surface area contributed by atoms with Gasteiger partial charge in [0.1, 0.15) is 5.92 Å². The molecule has 1 aliphatic rings. The molecule has 0 aromatic rings. The number of carbonyl (C=O) groups excluding carboxylic acids is 1. The third-order valence-corrected chi connectivity index (χ3v) is 1.61. The summed E-state index contributed by atoms with van der Waals surface area (Å²) < 4.78 is 0. The Bertz CT molecular complexity index is 156. The predicted molar refractivity (Wildman–Crippen MR) is 28.5 cm³/mol. The first-order valence-corrected chi connectivity index (χ1v) is 2.82. The van der Waals surface area contributed by atoms with Gasteiger partial charge < -0.3 is 0 Å². The van der Waals surface area contributed by atoms with Gasteiger partial charge in [-0.2, -0.15) is 4.89 Å². The SMILES string of the molecule is CC1C(=O)OOC1(C)OO. The summed E-state index contributed by atoms with van der Waals surface area (Å²) >= 11 is 0. The van der Waals surface area contributed by atoms with Gasteiger partial charge in [0.05, 0.1) is 0 Å². The molecule has 0 aromatic carbocycles. The van der Waals surface area contributed by atoms with Gasteiger partial charge in [-0.05, 0) is 13.8 Å². The van der Waals surface area contributed by atoms with E-state index in [-0.39, 0.29) is 0 Å². The van der Waals surface area contributed by atoms with Crippen LogP contribution in [0.4, 0.5) is 0 Å². The minimum Gasteiger partial charge on any atom is -0.295 e. The Morgan fingerprint density at radius 2 is 2.40 bits per heavy atom. The maximum Gasteiger partial charge on any atom is 0.350 e. The van der Waals surface area contributed by atoms with Crippen molar-refractivity contribution in [2.75, 3.05) is 0 Å². The lowest BCUT2D eigenvalue weighted by molar-refractivity contribution is -0.458. The first-order valence-electron chi connectivity index (χ1n) is 2.82. The molecule has 0 aliphatic carbocycles. The van der Waals surface area contributed by atoms with E-state index >= 15 is 0 Å². The average Bonchev–Trinajstić information content (AvgIpc) is 2.19. The normalized spacial score (nSPS) is 39.9. The van der Waals surface area contributed by atoms with E-state index in [1.54, 1.807) is 0 Å². The Morgan fingerprint density at radius 3 is 2.60 bits per heavy atom. The molecule has 1 fully saturated rings. The molecule has 1 saturated heterocycles. The molecular weight excluding hydrogens is 140 g/mol. The van der Waals surface area contributed by atoms with Gasteiger partial charge in [0.2, 0.25) is 0 Å². The zero-order valence-electron chi connectivity index (χ0n) is 5.66. The van der Waals surface area contributed by atoms with Crippen LogP contribution in [0.3, 0.4) is 0 Å². The Morgan fingerprint density at radius 1 is 1.80 bits per heavy atom. The highest BCUT2D eigenvalue weighted by molar-refractivity contribution is 5.73. The second-order valence-electron chi connectivity index (χ2n) is 2.31. The minimum atomic E-state index is -1.35. The van der Waals surface area contributed by atoms with E-state index < -0.39 is 17.7 Å². The van der Waals surface area contributed by atoms with Crippen molar-refractivity contribution in [1.29, 1.82) is 0 Å². The quantitative estimate of drug-likeness (QED) is 0.428. The first kappa shape index (κ1) is 7.46. The number of carbonyl (C=O) groups is 1. The summed E-state index contributed by atoms with van der Waals surface area (Å²) in [5.74, 6) is -2.51. The highest BCUT2D eigenvalue weighted by atomic mass is 17.3. The summed E-state index contributed by atoms with van der Waals surface area (Å²) in [5, 5.41) is 8.26. The summed E-state index contributed by atoms with van der Waals surface area (Å²) in [6, 6.07) is 0. The topological polar surface area (TPSA) is 65.0 Å². The molecule has 1 aliphatic heterocycles. The van der Waals surface area contributed by atoms with Crippen LogP contribution in [0, 0.1) is 5.92 Å². The van der Waals surface area contributed by atoms with Crippen LogP contribution < -0.4 is 0 Å². The van der Waals surface area contributed by atoms with Gasteiger partial charge >= 0.3 is 5.97 Å². The minimum absolute atomic E-state index is 0.545. The third-order valence-electron chi connectivity index (χ3n) is 1.61. The summed E-state index contributed by atoms with van der Waals surface area (Å²) in [6.45, 7) is 2.94. The fraction of sp³-hybridized carbons (Fsp3) is 0.800.